The number of carbonyl (C=O) groups excluding carboxylic acids is 2. The van der Waals surface area contributed by atoms with Gasteiger partial charge in [-0.05, 0) is 35.2 Å². The highest BCUT2D eigenvalue weighted by atomic mass is 79.9. The van der Waals surface area contributed by atoms with Crippen molar-refractivity contribution in [3.05, 3.63) is 22.9 Å². The lowest BCUT2D eigenvalue weighted by atomic mass is 9.87. The fourth-order valence-corrected chi connectivity index (χ4v) is 5.37. The summed E-state index contributed by atoms with van der Waals surface area (Å²) < 4.78 is 38.9. The molecule has 2 aliphatic rings. The molecule has 1 fully saturated rings. The molecule has 202 valence electrons. The van der Waals surface area contributed by atoms with Crippen molar-refractivity contribution in [2.24, 2.45) is 5.41 Å². The van der Waals surface area contributed by atoms with Gasteiger partial charge in [0.2, 0.25) is 11.9 Å². The number of aromatic nitrogens is 4. The van der Waals surface area contributed by atoms with E-state index in [4.69, 9.17) is 9.47 Å². The van der Waals surface area contributed by atoms with Crippen molar-refractivity contribution in [1.82, 2.24) is 25.1 Å². The first-order valence-corrected chi connectivity index (χ1v) is 12.8. The van der Waals surface area contributed by atoms with E-state index in [1.165, 1.54) is 22.7 Å². The Morgan fingerprint density at radius 1 is 1.39 bits per heavy atom. The number of ether oxygens (including phenoxy) is 2. The van der Waals surface area contributed by atoms with Crippen LogP contribution in [0.4, 0.5) is 20.4 Å². The molecular formula is C24H26BrF2N7O4. The molecule has 2 amide bonds. The highest BCUT2D eigenvalue weighted by Gasteiger charge is 2.41. The Morgan fingerprint density at radius 2 is 2.18 bits per heavy atom. The van der Waals surface area contributed by atoms with Gasteiger partial charge in [-0.3, -0.25) is 9.59 Å². The number of anilines is 2. The summed E-state index contributed by atoms with van der Waals surface area (Å²) in [6.07, 6.45) is 1.08. The molecule has 0 unspecified atom stereocenters. The smallest absolute Gasteiger partial charge is 0.272 e. The third-order valence-electron chi connectivity index (χ3n) is 6.92. The fourth-order valence-electron chi connectivity index (χ4n) is 4.93. The maximum absolute atomic E-state index is 13.0. The van der Waals surface area contributed by atoms with Crippen molar-refractivity contribution in [3.63, 3.8) is 0 Å². The quantitative estimate of drug-likeness (QED) is 0.428. The van der Waals surface area contributed by atoms with E-state index >= 15 is 0 Å². The molecule has 11 nitrogen and oxygen atoms in total. The number of amides is 2. The van der Waals surface area contributed by atoms with E-state index in [1.54, 1.807) is 19.3 Å². The summed E-state index contributed by atoms with van der Waals surface area (Å²) in [7, 11) is 3.16. The van der Waals surface area contributed by atoms with E-state index in [-0.39, 0.29) is 35.9 Å². The molecule has 5 rings (SSSR count). The number of likely N-dealkylation sites (N-methyl/N-ethyl adjacent to an activating group) is 1. The lowest BCUT2D eigenvalue weighted by Gasteiger charge is -2.28. The van der Waals surface area contributed by atoms with E-state index in [9.17, 15) is 18.4 Å². The largest absolute Gasteiger partial charge is 0.485 e. The van der Waals surface area contributed by atoms with Gasteiger partial charge < -0.3 is 25.0 Å². The number of fused-ring (bicyclic) bond motifs is 2. The predicted octanol–water partition coefficient (Wildman–Crippen LogP) is 3.29. The first-order valence-electron chi connectivity index (χ1n) is 12.0. The molecule has 0 saturated heterocycles. The van der Waals surface area contributed by atoms with Crippen molar-refractivity contribution in [2.45, 2.75) is 38.7 Å². The number of carbonyl (C=O) groups is 2. The van der Waals surface area contributed by atoms with Gasteiger partial charge in [-0.1, -0.05) is 6.92 Å². The summed E-state index contributed by atoms with van der Waals surface area (Å²) >= 11 is 3.44. The third kappa shape index (κ3) is 4.72. The average Bonchev–Trinajstić information content (AvgIpc) is 3.44. The molecule has 2 N–H and O–H groups in total. The molecule has 3 aromatic rings. The van der Waals surface area contributed by atoms with E-state index in [0.717, 1.165) is 12.8 Å². The number of alkyl halides is 2. The van der Waals surface area contributed by atoms with Crippen LogP contribution in [-0.2, 0) is 9.59 Å². The molecule has 1 aromatic carbocycles. The Morgan fingerprint density at radius 3 is 2.92 bits per heavy atom. The van der Waals surface area contributed by atoms with Crippen LogP contribution < -0.4 is 25.0 Å². The minimum Gasteiger partial charge on any atom is -0.485 e. The predicted molar refractivity (Wildman–Crippen MR) is 138 cm³/mol. The third-order valence-corrected chi connectivity index (χ3v) is 7.51. The normalized spacial score (nSPS) is 21.0. The van der Waals surface area contributed by atoms with Crippen LogP contribution >= 0.6 is 15.9 Å². The van der Waals surface area contributed by atoms with Crippen molar-refractivity contribution in [1.29, 1.82) is 0 Å². The van der Waals surface area contributed by atoms with Gasteiger partial charge in [0.1, 0.15) is 28.4 Å². The number of benzene rings is 1. The van der Waals surface area contributed by atoms with Gasteiger partial charge in [-0.25, -0.2) is 18.4 Å². The van der Waals surface area contributed by atoms with E-state index in [2.05, 4.69) is 41.6 Å². The Bertz CT molecular complexity index is 1420. The number of hydrogen-bond donors (Lipinski definition) is 2. The topological polar surface area (TPSA) is 124 Å². The van der Waals surface area contributed by atoms with Crippen LogP contribution in [0.15, 0.2) is 22.9 Å². The SMILES string of the molecule is CNC(=O)[C@]1(C)CC[C@@H](Nc2ncc3c(Br)nn(-c4cc5c(c(OCC(F)F)c4)N(C)C(=O)CO5)c3n2)C1. The molecule has 1 aliphatic heterocycles. The number of rotatable bonds is 7. The van der Waals surface area contributed by atoms with Crippen molar-refractivity contribution in [3.8, 4) is 17.2 Å². The molecule has 0 bridgehead atoms. The van der Waals surface area contributed by atoms with E-state index < -0.39 is 18.4 Å². The van der Waals surface area contributed by atoms with Gasteiger partial charge in [-0.15, -0.1) is 0 Å². The number of halogens is 3. The first kappa shape index (κ1) is 26.1. The van der Waals surface area contributed by atoms with Crippen molar-refractivity contribution >= 4 is 50.4 Å². The van der Waals surface area contributed by atoms with Crippen molar-refractivity contribution in [2.75, 3.05) is 37.5 Å². The molecule has 1 aliphatic carbocycles. The highest BCUT2D eigenvalue weighted by Crippen LogP contribution is 2.43. The molecule has 2 aromatic heterocycles. The number of nitrogens with zero attached hydrogens (tertiary/aromatic N) is 5. The standard InChI is InChI=1S/C24H26BrF2N7O4/c1-24(22(36)28-2)5-4-12(8-24)30-23-29-9-14-20(25)32-34(21(14)31-23)13-6-15(37-10-17(26)27)19-16(7-13)38-11-18(35)33(19)3/h6-7,9,12,17H,4-5,8,10-11H2,1-3H3,(H,28,36)(H,29,30,31)/t12-,24-/m1/s1. The number of hydrogen-bond acceptors (Lipinski definition) is 8. The summed E-state index contributed by atoms with van der Waals surface area (Å²) in [4.78, 5) is 34.9. The van der Waals surface area contributed by atoms with Gasteiger partial charge >= 0.3 is 0 Å². The zero-order chi connectivity index (χ0) is 27.2. The Hall–Kier alpha value is -3.55. The summed E-state index contributed by atoms with van der Waals surface area (Å²) in [5.74, 6) is 0.390. The van der Waals surface area contributed by atoms with E-state index in [0.29, 0.717) is 39.4 Å². The van der Waals surface area contributed by atoms with Gasteiger partial charge in [-0.2, -0.15) is 10.1 Å². The van der Waals surface area contributed by atoms with Gasteiger partial charge in [0.15, 0.2) is 12.3 Å². The number of nitrogens with one attached hydrogen (secondary N) is 2. The molecule has 1 saturated carbocycles. The fraction of sp³-hybridized carbons (Fsp3) is 0.458. The van der Waals surface area contributed by atoms with Crippen LogP contribution in [-0.4, -0.2) is 71.3 Å². The maximum Gasteiger partial charge on any atom is 0.272 e. The first-order chi connectivity index (χ1) is 18.1. The summed E-state index contributed by atoms with van der Waals surface area (Å²) in [6, 6.07) is 3.17. The molecular weight excluding hydrogens is 568 g/mol. The van der Waals surface area contributed by atoms with Crippen LogP contribution in [0.2, 0.25) is 0 Å². The minimum atomic E-state index is -2.71. The molecule has 0 spiro atoms. The second-order valence-corrected chi connectivity index (χ2v) is 10.3. The Kier molecular flexibility index (Phi) is 6.84. The van der Waals surface area contributed by atoms with Crippen LogP contribution in [0.25, 0.3) is 16.7 Å². The Balaban J connectivity index is 1.51. The van der Waals surface area contributed by atoms with Crippen LogP contribution in [0.5, 0.6) is 11.5 Å². The summed E-state index contributed by atoms with van der Waals surface area (Å²) in [5, 5.41) is 11.2. The van der Waals surface area contributed by atoms with Gasteiger partial charge in [0.25, 0.3) is 12.3 Å². The van der Waals surface area contributed by atoms with Gasteiger partial charge in [0.05, 0.1) is 11.1 Å². The zero-order valence-corrected chi connectivity index (χ0v) is 22.5. The molecule has 0 radical (unpaired) electrons. The van der Waals surface area contributed by atoms with Crippen LogP contribution in [0, 0.1) is 5.41 Å². The monoisotopic (exact) mass is 593 g/mol. The second kappa shape index (κ2) is 9.97. The molecule has 3 heterocycles. The summed E-state index contributed by atoms with van der Waals surface area (Å²) in [5.41, 5.74) is 0.678. The highest BCUT2D eigenvalue weighted by molar-refractivity contribution is 9.10. The second-order valence-electron chi connectivity index (χ2n) is 9.59. The van der Waals surface area contributed by atoms with E-state index in [1.807, 2.05) is 6.92 Å². The lowest BCUT2D eigenvalue weighted by Crippen LogP contribution is -2.36. The van der Waals surface area contributed by atoms with Crippen LogP contribution in [0.1, 0.15) is 26.2 Å². The maximum atomic E-state index is 13.0. The minimum absolute atomic E-state index is 0.00650. The zero-order valence-electron chi connectivity index (χ0n) is 20.9. The Labute approximate surface area is 225 Å². The average molecular weight is 594 g/mol. The summed E-state index contributed by atoms with van der Waals surface area (Å²) in [6.45, 7) is 0.895. The molecule has 38 heavy (non-hydrogen) atoms. The molecule has 14 heteroatoms. The van der Waals surface area contributed by atoms with Crippen molar-refractivity contribution < 1.29 is 27.8 Å². The molecule has 2 atom stereocenters. The van der Waals surface area contributed by atoms with Gasteiger partial charge in [0, 0.05) is 43.9 Å². The van der Waals surface area contributed by atoms with Crippen LogP contribution in [0.3, 0.4) is 0 Å². The lowest BCUT2D eigenvalue weighted by molar-refractivity contribution is -0.129.